The van der Waals surface area contributed by atoms with Gasteiger partial charge in [0.15, 0.2) is 11.5 Å². The number of hydrogen-bond acceptors (Lipinski definition) is 6. The summed E-state index contributed by atoms with van der Waals surface area (Å²) in [6, 6.07) is 5.37. The standard InChI is InChI=1S/C24H20BrF5N7OP/c1-10-16(25)37-9-14(33-13(20(37)32-10)7-8-23(27,28)24(29,30)39)18-34-17(31)15-19(35-18)36-21(38)22(15,2)11-3-5-12(26)6-4-11/h3-6,9H,7-8,39H2,1-2H3,(H3,31,34,35,36,38). The highest BCUT2D eigenvalue weighted by atomic mass is 79.9. The molecule has 5 rings (SSSR count). The zero-order chi connectivity index (χ0) is 28.5. The molecule has 4 heterocycles. The van der Waals surface area contributed by atoms with Gasteiger partial charge in [0.2, 0.25) is 5.91 Å². The number of halogens is 6. The molecule has 1 amide bonds. The number of anilines is 2. The molecule has 0 spiro atoms. The van der Waals surface area contributed by atoms with Gasteiger partial charge < -0.3 is 11.1 Å². The number of rotatable bonds is 6. The third kappa shape index (κ3) is 4.43. The Bertz CT molecular complexity index is 1640. The molecule has 15 heteroatoms. The number of carbonyl (C=O) groups is 1. The second-order valence-corrected chi connectivity index (χ2v) is 10.8. The largest absolute Gasteiger partial charge is 0.383 e. The molecule has 204 valence electrons. The number of carbonyl (C=O) groups excluding carboxylic acids is 1. The number of hydrogen-bond donors (Lipinski definition) is 2. The van der Waals surface area contributed by atoms with Gasteiger partial charge in [-0.1, -0.05) is 21.4 Å². The summed E-state index contributed by atoms with van der Waals surface area (Å²) in [6.07, 6.45) is -0.238. The average Bonchev–Trinajstić information content (AvgIpc) is 3.29. The molecule has 3 N–H and O–H groups in total. The summed E-state index contributed by atoms with van der Waals surface area (Å²) < 4.78 is 70.5. The van der Waals surface area contributed by atoms with Gasteiger partial charge in [-0.25, -0.2) is 24.3 Å². The molecular weight excluding hydrogens is 608 g/mol. The summed E-state index contributed by atoms with van der Waals surface area (Å²) in [5.41, 5.74) is 2.23. The van der Waals surface area contributed by atoms with Crippen molar-refractivity contribution < 1.29 is 26.7 Å². The van der Waals surface area contributed by atoms with E-state index in [-0.39, 0.29) is 40.1 Å². The van der Waals surface area contributed by atoms with E-state index >= 15 is 0 Å². The van der Waals surface area contributed by atoms with Crippen LogP contribution in [0.4, 0.5) is 33.6 Å². The van der Waals surface area contributed by atoms with Crippen molar-refractivity contribution in [2.75, 3.05) is 11.1 Å². The van der Waals surface area contributed by atoms with Crippen LogP contribution in [0, 0.1) is 12.7 Å². The van der Waals surface area contributed by atoms with E-state index < -0.39 is 41.6 Å². The van der Waals surface area contributed by atoms with Gasteiger partial charge in [0.25, 0.3) is 0 Å². The molecule has 2 atom stereocenters. The molecule has 2 unspecified atom stereocenters. The van der Waals surface area contributed by atoms with Gasteiger partial charge in [0.1, 0.15) is 33.2 Å². The summed E-state index contributed by atoms with van der Waals surface area (Å²) in [4.78, 5) is 30.5. The number of nitrogens with zero attached hydrogens (tertiary/aromatic N) is 5. The van der Waals surface area contributed by atoms with Gasteiger partial charge in [-0.15, -0.1) is 0 Å². The molecule has 0 bridgehead atoms. The van der Waals surface area contributed by atoms with Crippen molar-refractivity contribution in [1.82, 2.24) is 24.3 Å². The van der Waals surface area contributed by atoms with Crippen molar-refractivity contribution in [3.63, 3.8) is 0 Å². The lowest BCUT2D eigenvalue weighted by molar-refractivity contribution is -0.156. The minimum atomic E-state index is -4.31. The molecule has 8 nitrogen and oxygen atoms in total. The zero-order valence-corrected chi connectivity index (χ0v) is 23.1. The molecule has 4 aromatic rings. The normalized spacial score (nSPS) is 17.5. The van der Waals surface area contributed by atoms with Gasteiger partial charge in [-0.05, 0) is 53.9 Å². The van der Waals surface area contributed by atoms with E-state index in [2.05, 4.69) is 41.2 Å². The summed E-state index contributed by atoms with van der Waals surface area (Å²) in [7, 11) is 0.866. The number of benzene rings is 1. The third-order valence-corrected chi connectivity index (χ3v) is 8.09. The molecule has 39 heavy (non-hydrogen) atoms. The number of imidazole rings is 1. The molecule has 0 saturated carbocycles. The first-order valence-electron chi connectivity index (χ1n) is 11.5. The number of aryl methyl sites for hydroxylation is 2. The lowest BCUT2D eigenvalue weighted by Gasteiger charge is -2.23. The molecule has 0 fully saturated rings. The predicted molar refractivity (Wildman–Crippen MR) is 140 cm³/mol. The monoisotopic (exact) mass is 627 g/mol. The summed E-state index contributed by atoms with van der Waals surface area (Å²) in [5.74, 6) is -5.24. The Balaban J connectivity index is 1.62. The van der Waals surface area contributed by atoms with Crippen molar-refractivity contribution in [2.24, 2.45) is 0 Å². The number of fused-ring (bicyclic) bond motifs is 2. The molecule has 1 aliphatic heterocycles. The van der Waals surface area contributed by atoms with Crippen LogP contribution in [-0.4, -0.2) is 41.8 Å². The van der Waals surface area contributed by atoms with Crippen LogP contribution in [0.5, 0.6) is 0 Å². The van der Waals surface area contributed by atoms with E-state index in [1.807, 2.05) is 0 Å². The van der Waals surface area contributed by atoms with Crippen LogP contribution in [0.3, 0.4) is 0 Å². The fourth-order valence-electron chi connectivity index (χ4n) is 4.49. The number of amides is 1. The van der Waals surface area contributed by atoms with Crippen molar-refractivity contribution in [2.45, 2.75) is 43.7 Å². The van der Waals surface area contributed by atoms with Crippen LogP contribution < -0.4 is 11.1 Å². The minimum absolute atomic E-state index is 0.0121. The number of alkyl halides is 4. The molecular formula is C24H20BrF5N7OP. The van der Waals surface area contributed by atoms with Crippen molar-refractivity contribution in [3.8, 4) is 11.5 Å². The van der Waals surface area contributed by atoms with Crippen molar-refractivity contribution in [3.05, 3.63) is 63.4 Å². The quantitative estimate of drug-likeness (QED) is 0.222. The van der Waals surface area contributed by atoms with Crippen LogP contribution in [0.2, 0.25) is 0 Å². The smallest absolute Gasteiger partial charge is 0.320 e. The number of nitrogens with two attached hydrogens (primary N) is 1. The second kappa shape index (κ2) is 9.16. The Labute approximate surface area is 229 Å². The predicted octanol–water partition coefficient (Wildman–Crippen LogP) is 5.27. The second-order valence-electron chi connectivity index (χ2n) is 9.32. The first-order valence-corrected chi connectivity index (χ1v) is 12.8. The van der Waals surface area contributed by atoms with Gasteiger partial charge in [-0.2, -0.15) is 17.6 Å². The fourth-order valence-corrected chi connectivity index (χ4v) is 5.00. The summed E-state index contributed by atoms with van der Waals surface area (Å²) in [5, 5.41) is 2.68. The van der Waals surface area contributed by atoms with Crippen LogP contribution in [-0.2, 0) is 16.6 Å². The van der Waals surface area contributed by atoms with Gasteiger partial charge >= 0.3 is 11.6 Å². The molecule has 0 saturated heterocycles. The highest BCUT2D eigenvalue weighted by Gasteiger charge is 2.52. The highest BCUT2D eigenvalue weighted by Crippen LogP contribution is 2.45. The Morgan fingerprint density at radius 3 is 2.44 bits per heavy atom. The van der Waals surface area contributed by atoms with E-state index in [1.165, 1.54) is 34.9 Å². The number of nitrogen functional groups attached to an aromatic ring is 1. The lowest BCUT2D eigenvalue weighted by atomic mass is 9.78. The minimum Gasteiger partial charge on any atom is -0.383 e. The fraction of sp³-hybridized carbons (Fsp3) is 0.292. The SMILES string of the molecule is Cc1nc2c(CCC(F)(F)C(F)(F)P)nc(-c3nc(N)c4c(n3)NC(=O)C4(C)c3ccc(F)cc3)cn2c1Br. The maximum atomic E-state index is 14.1. The molecule has 1 aromatic carbocycles. The van der Waals surface area contributed by atoms with Gasteiger partial charge in [0, 0.05) is 12.6 Å². The van der Waals surface area contributed by atoms with E-state index in [1.54, 1.807) is 13.8 Å². The maximum absolute atomic E-state index is 14.1. The van der Waals surface area contributed by atoms with Crippen molar-refractivity contribution in [1.29, 1.82) is 0 Å². The van der Waals surface area contributed by atoms with E-state index in [4.69, 9.17) is 5.73 Å². The average molecular weight is 628 g/mol. The summed E-state index contributed by atoms with van der Waals surface area (Å²) >= 11 is 3.38. The van der Waals surface area contributed by atoms with Crippen LogP contribution in [0.1, 0.15) is 35.9 Å². The Hall–Kier alpha value is -3.25. The van der Waals surface area contributed by atoms with E-state index in [9.17, 15) is 26.7 Å². The highest BCUT2D eigenvalue weighted by molar-refractivity contribution is 9.10. The molecule has 0 aliphatic carbocycles. The van der Waals surface area contributed by atoms with E-state index in [0.29, 0.717) is 15.9 Å². The lowest BCUT2D eigenvalue weighted by Crippen LogP contribution is -2.35. The van der Waals surface area contributed by atoms with Gasteiger partial charge in [0.05, 0.1) is 17.0 Å². The Morgan fingerprint density at radius 1 is 1.13 bits per heavy atom. The maximum Gasteiger partial charge on any atom is 0.320 e. The first-order chi connectivity index (χ1) is 18.1. The Morgan fingerprint density at radius 2 is 1.79 bits per heavy atom. The van der Waals surface area contributed by atoms with E-state index in [0.717, 1.165) is 9.24 Å². The molecule has 1 aliphatic rings. The summed E-state index contributed by atoms with van der Waals surface area (Å²) in [6.45, 7) is 3.28. The molecule has 0 radical (unpaired) electrons. The number of aromatic nitrogens is 5. The zero-order valence-electron chi connectivity index (χ0n) is 20.4. The van der Waals surface area contributed by atoms with Crippen LogP contribution in [0.25, 0.3) is 17.2 Å². The molecule has 3 aromatic heterocycles. The van der Waals surface area contributed by atoms with Gasteiger partial charge in [-0.3, -0.25) is 9.20 Å². The topological polar surface area (TPSA) is 111 Å². The van der Waals surface area contributed by atoms with Crippen molar-refractivity contribution >= 4 is 48.4 Å². The Kier molecular flexibility index (Phi) is 6.41. The van der Waals surface area contributed by atoms with Crippen LogP contribution in [0.15, 0.2) is 35.1 Å². The number of nitrogens with one attached hydrogen (secondary N) is 1. The third-order valence-electron chi connectivity index (χ3n) is 6.71. The first kappa shape index (κ1) is 27.3. The van der Waals surface area contributed by atoms with Crippen LogP contribution >= 0.6 is 25.2 Å².